The Morgan fingerprint density at radius 2 is 0.762 bits per heavy atom. The zero-order valence-electron chi connectivity index (χ0n) is 28.8. The van der Waals surface area contributed by atoms with Crippen LogP contribution in [0.1, 0.15) is 219 Å². The number of carbonyl (C=O) groups excluding carboxylic acids is 1. The molecule has 2 atom stereocenters. The van der Waals surface area contributed by atoms with Crippen LogP contribution in [0.2, 0.25) is 0 Å². The molecule has 0 fully saturated rings. The molecular weight excluding hydrogens is 518 g/mol. The predicted octanol–water partition coefficient (Wildman–Crippen LogP) is 11.3. The summed E-state index contributed by atoms with van der Waals surface area (Å²) in [5, 5.41) is 22.7. The minimum absolute atomic E-state index is 0.0539. The summed E-state index contributed by atoms with van der Waals surface area (Å²) in [5.41, 5.74) is 0. The molecule has 0 aliphatic carbocycles. The summed E-state index contributed by atoms with van der Waals surface area (Å²) >= 11 is 0. The first kappa shape index (κ1) is 41.4. The highest BCUT2D eigenvalue weighted by Gasteiger charge is 2.19. The molecule has 0 bridgehead atoms. The number of amides is 1. The third kappa shape index (κ3) is 30.8. The first-order chi connectivity index (χ1) is 20.7. The van der Waals surface area contributed by atoms with Crippen molar-refractivity contribution < 1.29 is 15.0 Å². The summed E-state index contributed by atoms with van der Waals surface area (Å²) < 4.78 is 0. The van der Waals surface area contributed by atoms with Gasteiger partial charge in [-0.25, -0.2) is 0 Å². The van der Waals surface area contributed by atoms with Gasteiger partial charge >= 0.3 is 0 Å². The van der Waals surface area contributed by atoms with Gasteiger partial charge in [0.15, 0.2) is 0 Å². The molecule has 4 heteroatoms. The third-order valence-electron chi connectivity index (χ3n) is 9.12. The quantitative estimate of drug-likeness (QED) is 0.0638. The van der Waals surface area contributed by atoms with Gasteiger partial charge < -0.3 is 15.5 Å². The lowest BCUT2D eigenvalue weighted by atomic mass is 10.0. The lowest BCUT2D eigenvalue weighted by molar-refractivity contribution is -0.123. The highest BCUT2D eigenvalue weighted by atomic mass is 16.3. The van der Waals surface area contributed by atoms with E-state index in [-0.39, 0.29) is 12.5 Å². The molecule has 252 valence electrons. The van der Waals surface area contributed by atoms with Crippen LogP contribution < -0.4 is 5.32 Å². The highest BCUT2D eigenvalue weighted by molar-refractivity contribution is 5.76. The van der Waals surface area contributed by atoms with E-state index in [1.54, 1.807) is 0 Å². The van der Waals surface area contributed by atoms with Crippen LogP contribution >= 0.6 is 0 Å². The second-order valence-corrected chi connectivity index (χ2v) is 13.4. The van der Waals surface area contributed by atoms with Crippen molar-refractivity contribution >= 4 is 5.91 Å². The Morgan fingerprint density at radius 3 is 1.07 bits per heavy atom. The number of aliphatic hydroxyl groups excluding tert-OH is 2. The van der Waals surface area contributed by atoms with E-state index in [1.165, 1.54) is 161 Å². The molecule has 0 aliphatic heterocycles. The lowest BCUT2D eigenvalue weighted by Gasteiger charge is -2.22. The van der Waals surface area contributed by atoms with Crippen molar-refractivity contribution in [3.63, 3.8) is 0 Å². The molecule has 0 aliphatic rings. The molecule has 0 radical (unpaired) electrons. The number of aliphatic hydroxyl groups is 2. The van der Waals surface area contributed by atoms with E-state index in [1.807, 2.05) is 0 Å². The second kappa shape index (κ2) is 34.9. The molecule has 4 nitrogen and oxygen atoms in total. The Hall–Kier alpha value is -0.610. The Morgan fingerprint density at radius 1 is 0.476 bits per heavy atom. The minimum atomic E-state index is -0.649. The topological polar surface area (TPSA) is 69.6 Å². The summed E-state index contributed by atoms with van der Waals surface area (Å²) in [7, 11) is 0. The van der Waals surface area contributed by atoms with Gasteiger partial charge in [0.25, 0.3) is 0 Å². The van der Waals surface area contributed by atoms with Gasteiger partial charge in [0.1, 0.15) is 0 Å². The van der Waals surface area contributed by atoms with Gasteiger partial charge in [-0.05, 0) is 12.8 Å². The van der Waals surface area contributed by atoms with Gasteiger partial charge in [0.2, 0.25) is 5.91 Å². The maximum absolute atomic E-state index is 12.0. The van der Waals surface area contributed by atoms with Crippen LogP contribution in [-0.2, 0) is 4.79 Å². The molecule has 0 saturated carbocycles. The van der Waals surface area contributed by atoms with E-state index in [9.17, 15) is 15.0 Å². The van der Waals surface area contributed by atoms with Crippen LogP contribution in [-0.4, -0.2) is 34.9 Å². The van der Waals surface area contributed by atoms with Crippen molar-refractivity contribution in [1.29, 1.82) is 0 Å². The molecule has 0 spiro atoms. The van der Waals surface area contributed by atoms with Crippen molar-refractivity contribution in [2.75, 3.05) is 6.61 Å². The first-order valence-electron chi connectivity index (χ1n) is 19.2. The maximum atomic E-state index is 12.0. The Labute approximate surface area is 264 Å². The number of unbranched alkanes of at least 4 members (excludes halogenated alkanes) is 28. The molecule has 0 rings (SSSR count). The summed E-state index contributed by atoms with van der Waals surface area (Å²) in [6, 6.07) is -0.525. The van der Waals surface area contributed by atoms with Gasteiger partial charge in [-0.3, -0.25) is 4.79 Å². The number of hydrogen-bond acceptors (Lipinski definition) is 3. The van der Waals surface area contributed by atoms with Crippen LogP contribution in [0.5, 0.6) is 0 Å². The smallest absolute Gasteiger partial charge is 0.220 e. The van der Waals surface area contributed by atoms with Gasteiger partial charge in [0, 0.05) is 6.42 Å². The van der Waals surface area contributed by atoms with Crippen molar-refractivity contribution in [2.45, 2.75) is 231 Å². The maximum Gasteiger partial charge on any atom is 0.220 e. The fourth-order valence-electron chi connectivity index (χ4n) is 6.13. The van der Waals surface area contributed by atoms with Crippen LogP contribution in [0.4, 0.5) is 0 Å². The van der Waals surface area contributed by atoms with Crippen LogP contribution in [0.25, 0.3) is 0 Å². The van der Waals surface area contributed by atoms with E-state index in [4.69, 9.17) is 0 Å². The largest absolute Gasteiger partial charge is 0.394 e. The van der Waals surface area contributed by atoms with Crippen molar-refractivity contribution in [3.05, 3.63) is 0 Å². The number of hydrogen-bond donors (Lipinski definition) is 3. The SMILES string of the molecule is CCCCCCCCCCCCCCCCCCCCCCCCCCCCCC(O)C(CO)NC(=O)CCCCC. The molecule has 1 amide bonds. The van der Waals surface area contributed by atoms with E-state index >= 15 is 0 Å². The lowest BCUT2D eigenvalue weighted by Crippen LogP contribution is -2.45. The molecular formula is C38H77NO3. The number of rotatable bonds is 35. The zero-order valence-corrected chi connectivity index (χ0v) is 28.8. The van der Waals surface area contributed by atoms with Gasteiger partial charge in [-0.15, -0.1) is 0 Å². The first-order valence-corrected chi connectivity index (χ1v) is 19.2. The Balaban J connectivity index is 3.28. The molecule has 3 N–H and O–H groups in total. The van der Waals surface area contributed by atoms with E-state index < -0.39 is 12.1 Å². The average Bonchev–Trinajstić information content (AvgIpc) is 2.99. The van der Waals surface area contributed by atoms with Crippen LogP contribution in [0.15, 0.2) is 0 Å². The molecule has 0 heterocycles. The molecule has 0 aromatic heterocycles. The van der Waals surface area contributed by atoms with E-state index in [0.29, 0.717) is 12.8 Å². The molecule has 2 unspecified atom stereocenters. The second-order valence-electron chi connectivity index (χ2n) is 13.4. The Bertz CT molecular complexity index is 526. The number of nitrogens with one attached hydrogen (secondary N) is 1. The molecule has 0 aromatic carbocycles. The predicted molar refractivity (Wildman–Crippen MR) is 184 cm³/mol. The summed E-state index contributed by atoms with van der Waals surface area (Å²) in [5.74, 6) is -0.0539. The fourth-order valence-corrected chi connectivity index (χ4v) is 6.13. The van der Waals surface area contributed by atoms with Crippen molar-refractivity contribution in [3.8, 4) is 0 Å². The molecule has 0 saturated heterocycles. The van der Waals surface area contributed by atoms with E-state index in [0.717, 1.165) is 32.1 Å². The normalized spacial score (nSPS) is 13.0. The fraction of sp³-hybridized carbons (Fsp3) is 0.974. The highest BCUT2D eigenvalue weighted by Crippen LogP contribution is 2.16. The zero-order chi connectivity index (χ0) is 30.8. The van der Waals surface area contributed by atoms with Gasteiger partial charge in [-0.1, -0.05) is 200 Å². The summed E-state index contributed by atoms with van der Waals surface area (Å²) in [6.45, 7) is 4.22. The Kier molecular flexibility index (Phi) is 34.4. The average molecular weight is 596 g/mol. The summed E-state index contributed by atoms with van der Waals surface area (Å²) in [4.78, 5) is 12.0. The van der Waals surface area contributed by atoms with Crippen LogP contribution in [0.3, 0.4) is 0 Å². The number of carbonyl (C=O) groups is 1. The molecule has 0 aromatic rings. The molecule has 42 heavy (non-hydrogen) atoms. The van der Waals surface area contributed by atoms with Crippen molar-refractivity contribution in [1.82, 2.24) is 5.32 Å². The van der Waals surface area contributed by atoms with Crippen molar-refractivity contribution in [2.24, 2.45) is 0 Å². The third-order valence-corrected chi connectivity index (χ3v) is 9.12. The summed E-state index contributed by atoms with van der Waals surface area (Å²) in [6.07, 6.45) is 41.0. The standard InChI is InChI=1S/C38H77NO3/c1-3-5-7-8-9-10-11-12-13-14-15-16-17-18-19-20-21-22-23-24-25-26-27-28-29-30-32-33-37(41)36(35-40)39-38(42)34-31-6-4-2/h36-37,40-41H,3-35H2,1-2H3,(H,39,42). The minimum Gasteiger partial charge on any atom is -0.394 e. The van der Waals surface area contributed by atoms with Crippen LogP contribution in [0, 0.1) is 0 Å². The van der Waals surface area contributed by atoms with Gasteiger partial charge in [0.05, 0.1) is 18.8 Å². The van der Waals surface area contributed by atoms with E-state index in [2.05, 4.69) is 19.2 Å². The van der Waals surface area contributed by atoms with Gasteiger partial charge in [-0.2, -0.15) is 0 Å². The monoisotopic (exact) mass is 596 g/mol.